The summed E-state index contributed by atoms with van der Waals surface area (Å²) >= 11 is 0. The number of sulfonamides is 2. The lowest BCUT2D eigenvalue weighted by molar-refractivity contribution is 0.266. The Labute approximate surface area is 257 Å². The van der Waals surface area contributed by atoms with Crippen molar-refractivity contribution in [1.82, 2.24) is 9.44 Å². The number of unbranched alkanes of at least 4 members (excludes halogenated alkanes) is 1. The number of nitrogens with one attached hydrogen (secondary N) is 2. The van der Waals surface area contributed by atoms with Gasteiger partial charge in [0.05, 0.1) is 46.3 Å². The number of nitrogens with zero attached hydrogens (tertiary/aromatic N) is 2. The van der Waals surface area contributed by atoms with Crippen LogP contribution in [0.4, 0.5) is 0 Å². The van der Waals surface area contributed by atoms with Crippen molar-refractivity contribution in [3.63, 3.8) is 0 Å². The van der Waals surface area contributed by atoms with Crippen molar-refractivity contribution in [3.05, 3.63) is 119 Å². The van der Waals surface area contributed by atoms with Gasteiger partial charge in [0.1, 0.15) is 11.5 Å². The standard InChI is InChI=1S/C32H30N4O6S2/c33-21-25-7-15-31(16-8-25)43(37,38)35-23-27-3-11-29(12-4-27)41-19-1-2-20-42-30-13-5-28(6-14-30)24-36-44(39,40)32-17-9-26(22-34)10-18-32/h3-18,35-36H,1-2,19-20,23-24H2. The van der Waals surface area contributed by atoms with Crippen molar-refractivity contribution >= 4 is 20.0 Å². The van der Waals surface area contributed by atoms with E-state index in [2.05, 4.69) is 9.44 Å². The Hall–Kier alpha value is -4.72. The predicted molar refractivity (Wildman–Crippen MR) is 163 cm³/mol. The van der Waals surface area contributed by atoms with E-state index in [4.69, 9.17) is 20.0 Å². The summed E-state index contributed by atoms with van der Waals surface area (Å²) in [6.07, 6.45) is 1.53. The fraction of sp³-hybridized carbons (Fsp3) is 0.188. The first-order valence-corrected chi connectivity index (χ1v) is 16.6. The van der Waals surface area contributed by atoms with Gasteiger partial charge < -0.3 is 9.47 Å². The highest BCUT2D eigenvalue weighted by Crippen LogP contribution is 2.17. The van der Waals surface area contributed by atoms with E-state index in [1.54, 1.807) is 48.5 Å². The number of hydrogen-bond acceptors (Lipinski definition) is 8. The van der Waals surface area contributed by atoms with Crippen molar-refractivity contribution in [1.29, 1.82) is 10.5 Å². The molecule has 12 heteroatoms. The van der Waals surface area contributed by atoms with Gasteiger partial charge in [-0.25, -0.2) is 26.3 Å². The largest absolute Gasteiger partial charge is 0.494 e. The average Bonchev–Trinajstić information content (AvgIpc) is 3.05. The van der Waals surface area contributed by atoms with Crippen molar-refractivity contribution in [2.75, 3.05) is 13.2 Å². The van der Waals surface area contributed by atoms with Crippen LogP contribution in [0.15, 0.2) is 107 Å². The molecule has 0 saturated heterocycles. The smallest absolute Gasteiger partial charge is 0.240 e. The van der Waals surface area contributed by atoms with Crippen LogP contribution >= 0.6 is 0 Å². The van der Waals surface area contributed by atoms with Gasteiger partial charge >= 0.3 is 0 Å². The molecule has 0 aliphatic carbocycles. The number of ether oxygens (including phenoxy) is 2. The summed E-state index contributed by atoms with van der Waals surface area (Å²) in [7, 11) is -7.39. The van der Waals surface area contributed by atoms with Crippen LogP contribution in [0, 0.1) is 22.7 Å². The van der Waals surface area contributed by atoms with Gasteiger partial charge in [-0.05, 0) is 96.8 Å². The maximum Gasteiger partial charge on any atom is 0.240 e. The van der Waals surface area contributed by atoms with Gasteiger partial charge in [0.15, 0.2) is 0 Å². The molecule has 10 nitrogen and oxygen atoms in total. The monoisotopic (exact) mass is 630 g/mol. The number of rotatable bonds is 15. The summed E-state index contributed by atoms with van der Waals surface area (Å²) in [6, 6.07) is 29.7. The van der Waals surface area contributed by atoms with Gasteiger partial charge in [-0.15, -0.1) is 0 Å². The summed E-state index contributed by atoms with van der Waals surface area (Å²) in [5.41, 5.74) is 2.33. The summed E-state index contributed by atoms with van der Waals surface area (Å²) in [4.78, 5) is 0.194. The van der Waals surface area contributed by atoms with E-state index in [1.165, 1.54) is 48.5 Å². The van der Waals surface area contributed by atoms with E-state index in [9.17, 15) is 16.8 Å². The second-order valence-corrected chi connectivity index (χ2v) is 13.1. The SMILES string of the molecule is N#Cc1ccc(S(=O)(=O)NCc2ccc(OCCCCOc3ccc(CNS(=O)(=O)c4ccc(C#N)cc4)cc3)cc2)cc1. The van der Waals surface area contributed by atoms with Crippen LogP contribution in [0.5, 0.6) is 11.5 Å². The summed E-state index contributed by atoms with van der Waals surface area (Å²) in [6.45, 7) is 1.23. The molecule has 0 amide bonds. The molecular weight excluding hydrogens is 601 g/mol. The normalized spacial score (nSPS) is 11.3. The van der Waals surface area contributed by atoms with Gasteiger partial charge in [-0.2, -0.15) is 10.5 Å². The first-order valence-electron chi connectivity index (χ1n) is 13.6. The van der Waals surface area contributed by atoms with E-state index in [0.717, 1.165) is 24.0 Å². The highest BCUT2D eigenvalue weighted by Gasteiger charge is 2.14. The molecule has 0 heterocycles. The average molecular weight is 631 g/mol. The van der Waals surface area contributed by atoms with Crippen LogP contribution < -0.4 is 18.9 Å². The Kier molecular flexibility index (Phi) is 11.1. The minimum atomic E-state index is -3.69. The zero-order valence-electron chi connectivity index (χ0n) is 23.6. The zero-order chi connectivity index (χ0) is 31.4. The van der Waals surface area contributed by atoms with Crippen LogP contribution in [0.3, 0.4) is 0 Å². The summed E-state index contributed by atoms with van der Waals surface area (Å²) in [5, 5.41) is 17.7. The molecule has 0 bridgehead atoms. The molecule has 4 aromatic carbocycles. The van der Waals surface area contributed by atoms with Crippen molar-refractivity contribution in [2.45, 2.75) is 35.7 Å². The van der Waals surface area contributed by atoms with Gasteiger partial charge in [-0.1, -0.05) is 24.3 Å². The van der Waals surface area contributed by atoms with Crippen molar-refractivity contribution in [2.24, 2.45) is 0 Å². The lowest BCUT2D eigenvalue weighted by atomic mass is 10.2. The van der Waals surface area contributed by atoms with E-state index in [0.29, 0.717) is 35.8 Å². The lowest BCUT2D eigenvalue weighted by Gasteiger charge is -2.10. The molecule has 0 unspecified atom stereocenters. The van der Waals surface area contributed by atoms with Crippen LogP contribution in [0.2, 0.25) is 0 Å². The highest BCUT2D eigenvalue weighted by molar-refractivity contribution is 7.89. The molecular formula is C32H30N4O6S2. The first kappa shape index (κ1) is 32.2. The van der Waals surface area contributed by atoms with E-state index in [1.807, 2.05) is 12.1 Å². The fourth-order valence-electron chi connectivity index (χ4n) is 3.93. The third kappa shape index (κ3) is 9.39. The third-order valence-electron chi connectivity index (χ3n) is 6.44. The number of benzene rings is 4. The minimum Gasteiger partial charge on any atom is -0.494 e. The molecule has 0 radical (unpaired) electrons. The van der Waals surface area contributed by atoms with Crippen LogP contribution in [-0.4, -0.2) is 30.0 Å². The Balaban J connectivity index is 1.11. The predicted octanol–water partition coefficient (Wildman–Crippen LogP) is 4.62. The lowest BCUT2D eigenvalue weighted by Crippen LogP contribution is -2.23. The molecule has 0 fully saturated rings. The molecule has 2 N–H and O–H groups in total. The molecule has 0 atom stereocenters. The first-order chi connectivity index (χ1) is 21.2. The second kappa shape index (κ2) is 15.1. The topological polar surface area (TPSA) is 158 Å². The van der Waals surface area contributed by atoms with Crippen LogP contribution in [0.1, 0.15) is 35.1 Å². The Morgan fingerprint density at radius 1 is 0.523 bits per heavy atom. The summed E-state index contributed by atoms with van der Waals surface area (Å²) in [5.74, 6) is 1.35. The van der Waals surface area contributed by atoms with Crippen LogP contribution in [-0.2, 0) is 33.1 Å². The van der Waals surface area contributed by atoms with Crippen LogP contribution in [0.25, 0.3) is 0 Å². The number of nitriles is 2. The molecule has 0 aromatic heterocycles. The minimum absolute atomic E-state index is 0.0970. The molecule has 44 heavy (non-hydrogen) atoms. The van der Waals surface area contributed by atoms with Gasteiger partial charge in [0.2, 0.25) is 20.0 Å². The zero-order valence-corrected chi connectivity index (χ0v) is 25.3. The number of hydrogen-bond donors (Lipinski definition) is 2. The third-order valence-corrected chi connectivity index (χ3v) is 9.28. The molecule has 0 spiro atoms. The molecule has 0 saturated carbocycles. The molecule has 4 aromatic rings. The van der Waals surface area contributed by atoms with E-state index >= 15 is 0 Å². The van der Waals surface area contributed by atoms with Crippen molar-refractivity contribution in [3.8, 4) is 23.6 Å². The summed E-state index contributed by atoms with van der Waals surface area (Å²) < 4.78 is 66.5. The Bertz CT molecular complexity index is 1690. The maximum absolute atomic E-state index is 12.5. The Morgan fingerprint density at radius 2 is 0.864 bits per heavy atom. The molecule has 4 rings (SSSR count). The van der Waals surface area contributed by atoms with E-state index in [-0.39, 0.29) is 22.9 Å². The highest BCUT2D eigenvalue weighted by atomic mass is 32.2. The van der Waals surface area contributed by atoms with E-state index < -0.39 is 20.0 Å². The fourth-order valence-corrected chi connectivity index (χ4v) is 5.97. The Morgan fingerprint density at radius 3 is 1.18 bits per heavy atom. The van der Waals surface area contributed by atoms with Crippen molar-refractivity contribution < 1.29 is 26.3 Å². The van der Waals surface area contributed by atoms with Gasteiger partial charge in [0, 0.05) is 13.1 Å². The molecule has 0 aliphatic heterocycles. The maximum atomic E-state index is 12.5. The van der Waals surface area contributed by atoms with Gasteiger partial charge in [0.25, 0.3) is 0 Å². The van der Waals surface area contributed by atoms with Gasteiger partial charge in [-0.3, -0.25) is 0 Å². The quantitative estimate of drug-likeness (QED) is 0.180. The molecule has 0 aliphatic rings. The second-order valence-electron chi connectivity index (χ2n) is 9.61. The molecule has 226 valence electrons.